The van der Waals surface area contributed by atoms with E-state index in [2.05, 4.69) is 16.1 Å². The molecular formula is C34H31N5O4S. The Kier molecular flexibility index (Phi) is 8.25. The molecule has 3 heterocycles. The molecule has 10 heteroatoms. The van der Waals surface area contributed by atoms with Crippen molar-refractivity contribution in [2.45, 2.75) is 20.8 Å². The van der Waals surface area contributed by atoms with Crippen LogP contribution in [0.4, 0.5) is 0 Å². The molecule has 3 aromatic heterocycles. The summed E-state index contributed by atoms with van der Waals surface area (Å²) in [5.41, 5.74) is 5.08. The molecule has 0 saturated carbocycles. The highest BCUT2D eigenvalue weighted by molar-refractivity contribution is 7.15. The van der Waals surface area contributed by atoms with Crippen LogP contribution in [0.3, 0.4) is 0 Å². The van der Waals surface area contributed by atoms with Crippen LogP contribution in [0, 0.1) is 6.92 Å². The van der Waals surface area contributed by atoms with Gasteiger partial charge in [-0.15, -0.1) is 5.10 Å². The van der Waals surface area contributed by atoms with Gasteiger partial charge in [0.1, 0.15) is 11.4 Å². The Morgan fingerprint density at radius 2 is 1.66 bits per heavy atom. The molecular weight excluding hydrogens is 574 g/mol. The summed E-state index contributed by atoms with van der Waals surface area (Å²) in [7, 11) is 1.61. The summed E-state index contributed by atoms with van der Waals surface area (Å²) in [4.78, 5) is 18.5. The second kappa shape index (κ2) is 12.6. The van der Waals surface area contributed by atoms with Crippen molar-refractivity contribution in [3.8, 4) is 34.2 Å². The van der Waals surface area contributed by atoms with Gasteiger partial charge >= 0.3 is 0 Å². The molecule has 0 fully saturated rings. The molecule has 0 amide bonds. The zero-order valence-corrected chi connectivity index (χ0v) is 25.7. The van der Waals surface area contributed by atoms with Crippen molar-refractivity contribution in [1.29, 1.82) is 0 Å². The lowest BCUT2D eigenvalue weighted by molar-refractivity contribution is 0.311. The van der Waals surface area contributed by atoms with Crippen LogP contribution in [0.5, 0.6) is 17.2 Å². The summed E-state index contributed by atoms with van der Waals surface area (Å²) in [6.45, 7) is 7.05. The highest BCUT2D eigenvalue weighted by Gasteiger charge is 2.15. The Labute approximate surface area is 258 Å². The fraction of sp³-hybridized carbons (Fsp3) is 0.176. The van der Waals surface area contributed by atoms with Gasteiger partial charge in [-0.1, -0.05) is 41.7 Å². The van der Waals surface area contributed by atoms with E-state index in [0.717, 1.165) is 39.4 Å². The van der Waals surface area contributed by atoms with Gasteiger partial charge < -0.3 is 14.2 Å². The van der Waals surface area contributed by atoms with Crippen LogP contribution in [0.1, 0.15) is 36.4 Å². The lowest BCUT2D eigenvalue weighted by Gasteiger charge is -2.09. The van der Waals surface area contributed by atoms with Crippen LogP contribution >= 0.6 is 11.3 Å². The molecule has 0 radical (unpaired) electrons. The van der Waals surface area contributed by atoms with Gasteiger partial charge in [0.2, 0.25) is 4.96 Å². The third kappa shape index (κ3) is 5.84. The predicted molar refractivity (Wildman–Crippen MR) is 174 cm³/mol. The first-order valence-electron chi connectivity index (χ1n) is 14.3. The van der Waals surface area contributed by atoms with Gasteiger partial charge in [0.25, 0.3) is 5.56 Å². The maximum atomic E-state index is 13.4. The van der Waals surface area contributed by atoms with Gasteiger partial charge in [0, 0.05) is 17.3 Å². The number of aromatic nitrogens is 5. The molecule has 9 nitrogen and oxygen atoms in total. The first-order valence-corrected chi connectivity index (χ1v) is 15.1. The van der Waals surface area contributed by atoms with E-state index < -0.39 is 0 Å². The number of nitrogens with zero attached hydrogens (tertiary/aromatic N) is 5. The molecule has 44 heavy (non-hydrogen) atoms. The highest BCUT2D eigenvalue weighted by atomic mass is 32.1. The van der Waals surface area contributed by atoms with Gasteiger partial charge in [0.05, 0.1) is 30.5 Å². The predicted octanol–water partition coefficient (Wildman–Crippen LogP) is 5.84. The number of rotatable bonds is 10. The minimum Gasteiger partial charge on any atom is -0.494 e. The Balaban J connectivity index is 1.36. The molecule has 0 saturated heterocycles. The number of para-hydroxylation sites is 1. The molecule has 6 rings (SSSR count). The van der Waals surface area contributed by atoms with Gasteiger partial charge in [0.15, 0.2) is 17.3 Å². The van der Waals surface area contributed by atoms with E-state index in [-0.39, 0.29) is 5.56 Å². The van der Waals surface area contributed by atoms with E-state index >= 15 is 0 Å². The lowest BCUT2D eigenvalue weighted by atomic mass is 10.0. The molecule has 0 bridgehead atoms. The van der Waals surface area contributed by atoms with Crippen molar-refractivity contribution < 1.29 is 14.2 Å². The van der Waals surface area contributed by atoms with Crippen molar-refractivity contribution >= 4 is 34.5 Å². The molecule has 0 aliphatic rings. The second-order valence-electron chi connectivity index (χ2n) is 9.88. The van der Waals surface area contributed by atoms with E-state index in [4.69, 9.17) is 19.3 Å². The van der Waals surface area contributed by atoms with Gasteiger partial charge in [-0.2, -0.15) is 14.6 Å². The lowest BCUT2D eigenvalue weighted by Crippen LogP contribution is -2.23. The maximum absolute atomic E-state index is 13.4. The number of ether oxygens (including phenoxy) is 3. The summed E-state index contributed by atoms with van der Waals surface area (Å²) in [5.74, 6) is 2.60. The Hall–Kier alpha value is -5.22. The van der Waals surface area contributed by atoms with E-state index in [1.165, 1.54) is 15.9 Å². The molecule has 0 unspecified atom stereocenters. The van der Waals surface area contributed by atoms with Crippen LogP contribution in [0.15, 0.2) is 77.7 Å². The van der Waals surface area contributed by atoms with Crippen molar-refractivity contribution in [3.63, 3.8) is 0 Å². The Morgan fingerprint density at radius 1 is 0.886 bits per heavy atom. The van der Waals surface area contributed by atoms with Gasteiger partial charge in [-0.05, 0) is 86.5 Å². The summed E-state index contributed by atoms with van der Waals surface area (Å²) in [5, 5.41) is 9.37. The number of hydrogen-bond donors (Lipinski definition) is 0. The van der Waals surface area contributed by atoms with Crippen molar-refractivity contribution in [1.82, 2.24) is 24.4 Å². The average molecular weight is 606 g/mol. The summed E-state index contributed by atoms with van der Waals surface area (Å²) >= 11 is 1.29. The third-order valence-electron chi connectivity index (χ3n) is 6.91. The van der Waals surface area contributed by atoms with Crippen LogP contribution in [0.2, 0.25) is 0 Å². The van der Waals surface area contributed by atoms with Crippen LogP contribution in [-0.4, -0.2) is 44.7 Å². The van der Waals surface area contributed by atoms with Crippen molar-refractivity contribution in [3.05, 3.63) is 110 Å². The number of aryl methyl sites for hydroxylation is 1. The highest BCUT2D eigenvalue weighted by Crippen LogP contribution is 2.30. The first-order chi connectivity index (χ1) is 21.5. The normalized spacial score (nSPS) is 12.0. The standard InChI is InChI=1S/C34H31N5O4S/c1-5-42-27-16-14-24(18-22(27)3)32-25(21-38(37-32)26-10-8-7-9-11-26)20-30-33(40)39-34(44-30)35-31(36-39)17-13-23-12-15-28(43-6-2)29(19-23)41-4/h7-21H,5-6H2,1-4H3/b17-13+,30-20-. The number of fused-ring (bicyclic) bond motifs is 1. The molecule has 222 valence electrons. The Bertz CT molecular complexity index is 2080. The maximum Gasteiger partial charge on any atom is 0.291 e. The summed E-state index contributed by atoms with van der Waals surface area (Å²) in [6.07, 6.45) is 7.44. The quantitative estimate of drug-likeness (QED) is 0.194. The van der Waals surface area contributed by atoms with Crippen LogP contribution < -0.4 is 24.3 Å². The molecule has 0 spiro atoms. The molecule has 0 N–H and O–H groups in total. The monoisotopic (exact) mass is 605 g/mol. The second-order valence-corrected chi connectivity index (χ2v) is 10.9. The van der Waals surface area contributed by atoms with E-state index in [9.17, 15) is 4.79 Å². The molecule has 6 aromatic rings. The smallest absolute Gasteiger partial charge is 0.291 e. The minimum absolute atomic E-state index is 0.235. The largest absolute Gasteiger partial charge is 0.494 e. The van der Waals surface area contributed by atoms with Gasteiger partial charge in [-0.3, -0.25) is 4.79 Å². The fourth-order valence-electron chi connectivity index (χ4n) is 4.84. The zero-order chi connectivity index (χ0) is 30.6. The number of benzene rings is 3. The summed E-state index contributed by atoms with van der Waals surface area (Å²) in [6, 6.07) is 21.6. The van der Waals surface area contributed by atoms with Crippen LogP contribution in [0.25, 0.3) is 40.1 Å². The SMILES string of the molecule is CCOc1ccc(-c2nn(-c3ccccc3)cc2/C=c2\sc3nc(/C=C/c4ccc(OCC)c(OC)c4)nn3c2=O)cc1C. The van der Waals surface area contributed by atoms with Crippen molar-refractivity contribution in [2.75, 3.05) is 20.3 Å². The van der Waals surface area contributed by atoms with E-state index in [1.807, 2.05) is 104 Å². The number of thiazole rings is 1. The molecule has 0 atom stereocenters. The number of hydrogen-bond acceptors (Lipinski definition) is 8. The zero-order valence-electron chi connectivity index (χ0n) is 24.9. The number of methoxy groups -OCH3 is 1. The molecule has 3 aromatic carbocycles. The Morgan fingerprint density at radius 3 is 2.39 bits per heavy atom. The molecule has 0 aliphatic heterocycles. The average Bonchev–Trinajstić information content (AvgIpc) is 3.73. The first kappa shape index (κ1) is 28.9. The van der Waals surface area contributed by atoms with E-state index in [0.29, 0.717) is 40.0 Å². The summed E-state index contributed by atoms with van der Waals surface area (Å²) < 4.78 is 20.5. The van der Waals surface area contributed by atoms with E-state index in [1.54, 1.807) is 13.2 Å². The van der Waals surface area contributed by atoms with Crippen molar-refractivity contribution in [2.24, 2.45) is 0 Å². The minimum atomic E-state index is -0.235. The fourth-order valence-corrected chi connectivity index (χ4v) is 5.74. The van der Waals surface area contributed by atoms with Gasteiger partial charge in [-0.25, -0.2) is 4.68 Å². The van der Waals surface area contributed by atoms with Crippen LogP contribution in [-0.2, 0) is 0 Å². The molecule has 0 aliphatic carbocycles. The topological polar surface area (TPSA) is 92.8 Å². The third-order valence-corrected chi connectivity index (χ3v) is 7.87.